The fourth-order valence-electron chi connectivity index (χ4n) is 3.50. The molecule has 1 aliphatic rings. The predicted octanol–water partition coefficient (Wildman–Crippen LogP) is 6.55. The van der Waals surface area contributed by atoms with Crippen molar-refractivity contribution >= 4 is 40.2 Å². The number of ether oxygens (including phenoxy) is 2. The fourth-order valence-corrected chi connectivity index (χ4v) is 3.86. The van der Waals surface area contributed by atoms with Crippen molar-refractivity contribution in [2.24, 2.45) is 0 Å². The molecule has 0 radical (unpaired) electrons. The lowest BCUT2D eigenvalue weighted by Gasteiger charge is -2.27. The first-order valence-corrected chi connectivity index (χ1v) is 12.6. The van der Waals surface area contributed by atoms with Crippen molar-refractivity contribution < 1.29 is 19.1 Å². The van der Waals surface area contributed by atoms with Crippen LogP contribution >= 0.6 is 22.6 Å². The van der Waals surface area contributed by atoms with E-state index in [0.29, 0.717) is 35.7 Å². The highest BCUT2D eigenvalue weighted by molar-refractivity contribution is 14.1. The van der Waals surface area contributed by atoms with Gasteiger partial charge in [0, 0.05) is 21.4 Å². The lowest BCUT2D eigenvalue weighted by molar-refractivity contribution is 0.0517. The van der Waals surface area contributed by atoms with Crippen LogP contribution in [0.15, 0.2) is 48.5 Å². The maximum absolute atomic E-state index is 13.5. The third-order valence-electron chi connectivity index (χ3n) is 4.94. The molecule has 1 aliphatic heterocycles. The van der Waals surface area contributed by atoms with Crippen LogP contribution in [-0.2, 0) is 11.2 Å². The Balaban J connectivity index is 0.00000117. The molecule has 2 heterocycles. The Hall–Kier alpha value is -2.88. The number of hydrogen-bond donors (Lipinski definition) is 0. The quantitative estimate of drug-likeness (QED) is 0.248. The average Bonchev–Trinajstić information content (AvgIpc) is 3.28. The number of carbonyl (C=O) groups is 2. The Labute approximate surface area is 222 Å². The van der Waals surface area contributed by atoms with E-state index in [1.807, 2.05) is 52.0 Å². The van der Waals surface area contributed by atoms with E-state index >= 15 is 0 Å². The molecule has 0 aliphatic carbocycles. The molecule has 3 aromatic rings. The van der Waals surface area contributed by atoms with Gasteiger partial charge in [-0.2, -0.15) is 5.10 Å². The van der Waals surface area contributed by atoms with Crippen LogP contribution in [0.2, 0.25) is 0 Å². The number of aromatic nitrogens is 2. The standard InChI is InChI=1S/C22H20IN3O4.2C2H6.CH4/c1-3-30-22(28)19-18-12-13-25(15-6-4-14(23)5-7-15)21(27)20(18)26(24-19)16-8-10-17(29-2)11-9-16;2*1-2;/h4-11H,3,12-13H2,1-2H3;2*1-2H3;1H4. The number of hydrogen-bond acceptors (Lipinski definition) is 5. The van der Waals surface area contributed by atoms with E-state index in [9.17, 15) is 9.59 Å². The molecule has 0 spiro atoms. The monoisotopic (exact) mass is 593 g/mol. The van der Waals surface area contributed by atoms with Crippen molar-refractivity contribution in [2.45, 2.75) is 48.5 Å². The van der Waals surface area contributed by atoms with E-state index in [0.717, 1.165) is 9.26 Å². The zero-order valence-corrected chi connectivity index (χ0v) is 22.8. The van der Waals surface area contributed by atoms with Crippen molar-refractivity contribution in [2.75, 3.05) is 25.2 Å². The normalized spacial score (nSPS) is 11.6. The molecule has 2 aromatic carbocycles. The summed E-state index contributed by atoms with van der Waals surface area (Å²) in [6, 6.07) is 15.0. The average molecular weight is 594 g/mol. The molecule has 4 rings (SSSR count). The number of anilines is 1. The molecule has 8 heteroatoms. The third kappa shape index (κ3) is 6.62. The lowest BCUT2D eigenvalue weighted by Crippen LogP contribution is -2.39. The SMILES string of the molecule is C.CC.CC.CCOC(=O)c1nn(-c2ccc(OC)cc2)c2c1CCN(c1ccc(I)cc1)C2=O. The van der Waals surface area contributed by atoms with Crippen LogP contribution in [0.4, 0.5) is 5.69 Å². The molecule has 7 nitrogen and oxygen atoms in total. The zero-order chi connectivity index (χ0) is 25.3. The van der Waals surface area contributed by atoms with E-state index in [1.54, 1.807) is 43.2 Å². The molecular formula is C27H36IN3O4. The summed E-state index contributed by atoms with van der Waals surface area (Å²) < 4.78 is 13.0. The minimum absolute atomic E-state index is 0. The number of amides is 1. The highest BCUT2D eigenvalue weighted by atomic mass is 127. The Morgan fingerprint density at radius 1 is 1.00 bits per heavy atom. The van der Waals surface area contributed by atoms with Gasteiger partial charge in [0.15, 0.2) is 5.69 Å². The summed E-state index contributed by atoms with van der Waals surface area (Å²) >= 11 is 2.23. The first kappa shape index (κ1) is 30.2. The van der Waals surface area contributed by atoms with Gasteiger partial charge in [0.1, 0.15) is 11.4 Å². The number of carbonyl (C=O) groups excluding carboxylic acids is 2. The van der Waals surface area contributed by atoms with Crippen molar-refractivity contribution in [1.82, 2.24) is 9.78 Å². The molecule has 0 unspecified atom stereocenters. The molecule has 0 saturated carbocycles. The molecule has 0 fully saturated rings. The summed E-state index contributed by atoms with van der Waals surface area (Å²) in [4.78, 5) is 27.7. The van der Waals surface area contributed by atoms with Crippen LogP contribution in [0.1, 0.15) is 68.6 Å². The molecule has 0 saturated heterocycles. The Bertz CT molecular complexity index is 1090. The van der Waals surface area contributed by atoms with Crippen LogP contribution in [0.25, 0.3) is 5.69 Å². The van der Waals surface area contributed by atoms with Crippen LogP contribution in [0.3, 0.4) is 0 Å². The first-order valence-electron chi connectivity index (χ1n) is 11.5. The number of methoxy groups -OCH3 is 1. The van der Waals surface area contributed by atoms with Gasteiger partial charge in [0.05, 0.1) is 19.4 Å². The number of rotatable bonds is 5. The van der Waals surface area contributed by atoms with Gasteiger partial charge in [-0.3, -0.25) is 4.79 Å². The van der Waals surface area contributed by atoms with Gasteiger partial charge >= 0.3 is 5.97 Å². The first-order chi connectivity index (χ1) is 16.5. The van der Waals surface area contributed by atoms with Crippen molar-refractivity contribution in [1.29, 1.82) is 0 Å². The molecule has 1 aromatic heterocycles. The minimum Gasteiger partial charge on any atom is -0.497 e. The largest absolute Gasteiger partial charge is 0.497 e. The Kier molecular flexibility index (Phi) is 12.5. The molecule has 0 bridgehead atoms. The molecular weight excluding hydrogens is 557 g/mol. The van der Waals surface area contributed by atoms with Gasteiger partial charge < -0.3 is 14.4 Å². The second-order valence-electron chi connectivity index (χ2n) is 6.69. The van der Waals surface area contributed by atoms with E-state index in [-0.39, 0.29) is 25.6 Å². The maximum atomic E-state index is 13.5. The number of benzene rings is 2. The van der Waals surface area contributed by atoms with E-state index in [4.69, 9.17) is 9.47 Å². The molecule has 190 valence electrons. The summed E-state index contributed by atoms with van der Waals surface area (Å²) in [6.45, 7) is 10.5. The number of esters is 1. The Morgan fingerprint density at radius 3 is 2.11 bits per heavy atom. The number of halogens is 1. The van der Waals surface area contributed by atoms with Gasteiger partial charge in [-0.25, -0.2) is 9.48 Å². The fraction of sp³-hybridized carbons (Fsp3) is 0.370. The highest BCUT2D eigenvalue weighted by Gasteiger charge is 2.35. The van der Waals surface area contributed by atoms with Gasteiger partial charge in [0.25, 0.3) is 5.91 Å². The highest BCUT2D eigenvalue weighted by Crippen LogP contribution is 2.30. The molecule has 0 N–H and O–H groups in total. The van der Waals surface area contributed by atoms with Crippen LogP contribution in [-0.4, -0.2) is 41.9 Å². The number of nitrogens with zero attached hydrogens (tertiary/aromatic N) is 3. The summed E-state index contributed by atoms with van der Waals surface area (Å²) in [5.41, 5.74) is 2.67. The van der Waals surface area contributed by atoms with E-state index < -0.39 is 5.97 Å². The lowest BCUT2D eigenvalue weighted by atomic mass is 10.0. The topological polar surface area (TPSA) is 73.7 Å². The van der Waals surface area contributed by atoms with Gasteiger partial charge in [-0.15, -0.1) is 0 Å². The predicted molar refractivity (Wildman–Crippen MR) is 150 cm³/mol. The van der Waals surface area contributed by atoms with Crippen molar-refractivity contribution in [3.63, 3.8) is 0 Å². The Morgan fingerprint density at radius 2 is 1.57 bits per heavy atom. The second kappa shape index (κ2) is 14.5. The second-order valence-corrected chi connectivity index (χ2v) is 7.93. The smallest absolute Gasteiger partial charge is 0.359 e. The van der Waals surface area contributed by atoms with Gasteiger partial charge in [-0.05, 0) is 84.5 Å². The maximum Gasteiger partial charge on any atom is 0.359 e. The van der Waals surface area contributed by atoms with Crippen LogP contribution in [0.5, 0.6) is 5.75 Å². The van der Waals surface area contributed by atoms with Crippen molar-refractivity contribution in [3.8, 4) is 11.4 Å². The minimum atomic E-state index is -0.517. The van der Waals surface area contributed by atoms with Gasteiger partial charge in [-0.1, -0.05) is 35.1 Å². The summed E-state index contributed by atoms with van der Waals surface area (Å²) in [5.74, 6) is -0.0231. The number of fused-ring (bicyclic) bond motifs is 1. The van der Waals surface area contributed by atoms with E-state index in [1.165, 1.54) is 4.68 Å². The van der Waals surface area contributed by atoms with Crippen molar-refractivity contribution in [3.05, 3.63) is 69.1 Å². The zero-order valence-electron chi connectivity index (χ0n) is 20.6. The summed E-state index contributed by atoms with van der Waals surface area (Å²) in [5, 5.41) is 4.48. The molecule has 35 heavy (non-hydrogen) atoms. The van der Waals surface area contributed by atoms with Crippen LogP contribution < -0.4 is 9.64 Å². The molecule has 0 atom stereocenters. The molecule has 1 amide bonds. The van der Waals surface area contributed by atoms with Crippen LogP contribution in [0, 0.1) is 3.57 Å². The summed E-state index contributed by atoms with van der Waals surface area (Å²) in [7, 11) is 1.59. The summed E-state index contributed by atoms with van der Waals surface area (Å²) in [6.07, 6.45) is 0.511. The third-order valence-corrected chi connectivity index (χ3v) is 5.66. The van der Waals surface area contributed by atoms with E-state index in [2.05, 4.69) is 27.7 Å². The van der Waals surface area contributed by atoms with Gasteiger partial charge in [0.2, 0.25) is 0 Å².